The number of hydrogen-bond donors (Lipinski definition) is 2. The number of anilines is 2. The van der Waals surface area contributed by atoms with Crippen molar-refractivity contribution in [2.75, 3.05) is 17.7 Å². The van der Waals surface area contributed by atoms with Crippen LogP contribution in [0.4, 0.5) is 15.8 Å². The van der Waals surface area contributed by atoms with Crippen LogP contribution in [-0.2, 0) is 4.79 Å². The first-order valence-electron chi connectivity index (χ1n) is 4.14. The van der Waals surface area contributed by atoms with E-state index in [1.807, 2.05) is 0 Å². The Morgan fingerprint density at radius 1 is 1.64 bits per heavy atom. The third-order valence-electron chi connectivity index (χ3n) is 2.02. The Bertz CT molecular complexity index is 381. The zero-order chi connectivity index (χ0) is 10.1. The van der Waals surface area contributed by atoms with Gasteiger partial charge in [-0.05, 0) is 6.07 Å². The van der Waals surface area contributed by atoms with Crippen molar-refractivity contribution in [1.29, 1.82) is 0 Å². The number of benzene rings is 1. The van der Waals surface area contributed by atoms with Gasteiger partial charge >= 0.3 is 0 Å². The smallest absolute Gasteiger partial charge is 0.149 e. The maximum absolute atomic E-state index is 13.0. The van der Waals surface area contributed by atoms with Gasteiger partial charge in [0.05, 0.1) is 11.4 Å². The van der Waals surface area contributed by atoms with Gasteiger partial charge in [-0.3, -0.25) is 0 Å². The average molecular weight is 196 g/mol. The number of nitrogens with one attached hydrogen (secondary N) is 1. The molecule has 0 fully saturated rings. The summed E-state index contributed by atoms with van der Waals surface area (Å²) < 4.78 is 18.2. The maximum atomic E-state index is 13.0. The first-order valence-corrected chi connectivity index (χ1v) is 4.14. The Labute approximate surface area is 79.9 Å². The number of nitrogen functional groups attached to an aromatic ring is 1. The minimum absolute atomic E-state index is 0.0337. The van der Waals surface area contributed by atoms with Crippen molar-refractivity contribution in [1.82, 2.24) is 0 Å². The second kappa shape index (κ2) is 3.17. The van der Waals surface area contributed by atoms with E-state index in [2.05, 4.69) is 5.32 Å². The van der Waals surface area contributed by atoms with Crippen molar-refractivity contribution in [2.45, 2.75) is 6.04 Å². The van der Waals surface area contributed by atoms with Crippen LogP contribution in [0, 0.1) is 5.82 Å². The molecular weight excluding hydrogens is 187 g/mol. The van der Waals surface area contributed by atoms with E-state index in [0.29, 0.717) is 11.4 Å². The molecule has 1 aliphatic rings. The average Bonchev–Trinajstić information content (AvgIpc) is 2.19. The molecule has 0 saturated heterocycles. The Balaban J connectivity index is 2.38. The summed E-state index contributed by atoms with van der Waals surface area (Å²) in [6.07, 6.45) is 0.739. The van der Waals surface area contributed by atoms with Gasteiger partial charge in [-0.1, -0.05) is 0 Å². The normalized spacial score (nSPS) is 19.1. The quantitative estimate of drug-likeness (QED) is 0.514. The molecule has 1 heterocycles. The van der Waals surface area contributed by atoms with Crippen molar-refractivity contribution in [3.8, 4) is 5.75 Å². The molecule has 2 rings (SSSR count). The minimum Gasteiger partial charge on any atom is -0.489 e. The van der Waals surface area contributed by atoms with Crippen LogP contribution in [0.2, 0.25) is 0 Å². The van der Waals surface area contributed by atoms with Gasteiger partial charge in [-0.2, -0.15) is 0 Å². The highest BCUT2D eigenvalue weighted by molar-refractivity contribution is 5.72. The molecular formula is C9H9FN2O2. The fourth-order valence-electron chi connectivity index (χ4n) is 1.30. The van der Waals surface area contributed by atoms with Gasteiger partial charge in [0.15, 0.2) is 0 Å². The van der Waals surface area contributed by atoms with Crippen LogP contribution < -0.4 is 15.8 Å². The minimum atomic E-state index is -0.518. The summed E-state index contributed by atoms with van der Waals surface area (Å²) in [5, 5.41) is 2.87. The molecule has 0 saturated carbocycles. The van der Waals surface area contributed by atoms with E-state index < -0.39 is 11.9 Å². The number of carbonyl (C=O) groups excluding carboxylic acids is 1. The van der Waals surface area contributed by atoms with Crippen LogP contribution in [0.3, 0.4) is 0 Å². The van der Waals surface area contributed by atoms with Crippen molar-refractivity contribution in [2.24, 2.45) is 0 Å². The highest BCUT2D eigenvalue weighted by atomic mass is 19.1. The highest BCUT2D eigenvalue weighted by Crippen LogP contribution is 2.32. The molecule has 74 valence electrons. The molecule has 0 aliphatic carbocycles. The third-order valence-corrected chi connectivity index (χ3v) is 2.02. The number of nitrogens with two attached hydrogens (primary N) is 1. The van der Waals surface area contributed by atoms with Crippen molar-refractivity contribution < 1.29 is 13.9 Å². The predicted octanol–water partition coefficient (Wildman–Crippen LogP) is 0.780. The Morgan fingerprint density at radius 2 is 2.43 bits per heavy atom. The van der Waals surface area contributed by atoms with Gasteiger partial charge in [0.1, 0.15) is 30.5 Å². The lowest BCUT2D eigenvalue weighted by molar-refractivity contribution is -0.109. The van der Waals surface area contributed by atoms with Crippen LogP contribution in [-0.4, -0.2) is 18.9 Å². The first-order chi connectivity index (χ1) is 6.70. The monoisotopic (exact) mass is 196 g/mol. The van der Waals surface area contributed by atoms with Gasteiger partial charge in [0.2, 0.25) is 0 Å². The molecule has 3 N–H and O–H groups in total. The van der Waals surface area contributed by atoms with E-state index in [0.717, 1.165) is 6.29 Å². The lowest BCUT2D eigenvalue weighted by atomic mass is 10.2. The van der Waals surface area contributed by atoms with Gasteiger partial charge in [-0.25, -0.2) is 4.39 Å². The second-order valence-corrected chi connectivity index (χ2v) is 3.07. The van der Waals surface area contributed by atoms with Crippen LogP contribution in [0.15, 0.2) is 12.1 Å². The van der Waals surface area contributed by atoms with Crippen LogP contribution in [0.25, 0.3) is 0 Å². The van der Waals surface area contributed by atoms with E-state index in [-0.39, 0.29) is 12.3 Å². The number of hydrogen-bond acceptors (Lipinski definition) is 4. The summed E-state index contributed by atoms with van der Waals surface area (Å²) in [5.41, 5.74) is 5.95. The second-order valence-electron chi connectivity index (χ2n) is 3.07. The Morgan fingerprint density at radius 3 is 3.14 bits per heavy atom. The molecule has 0 amide bonds. The summed E-state index contributed by atoms with van der Waals surface area (Å²) in [7, 11) is 0. The van der Waals surface area contributed by atoms with Crippen molar-refractivity contribution in [3.63, 3.8) is 0 Å². The van der Waals surface area contributed by atoms with Gasteiger partial charge in [0.25, 0.3) is 0 Å². The van der Waals surface area contributed by atoms with Gasteiger partial charge < -0.3 is 20.6 Å². The molecule has 1 unspecified atom stereocenters. The standard InChI is InChI=1S/C9H9FN2O2/c10-6-1-9-8(2-7(6)11)12-5(3-13)4-14-9/h1-3,5,12H,4,11H2. The Hall–Kier alpha value is -1.78. The summed E-state index contributed by atoms with van der Waals surface area (Å²) in [6.45, 7) is 0.208. The van der Waals surface area contributed by atoms with E-state index in [1.54, 1.807) is 0 Å². The molecule has 0 aromatic heterocycles. The molecule has 5 heteroatoms. The van der Waals surface area contributed by atoms with E-state index in [9.17, 15) is 9.18 Å². The number of carbonyl (C=O) groups is 1. The fourth-order valence-corrected chi connectivity index (χ4v) is 1.30. The fraction of sp³-hybridized carbons (Fsp3) is 0.222. The van der Waals surface area contributed by atoms with Gasteiger partial charge in [0, 0.05) is 6.07 Å². The molecule has 1 aromatic carbocycles. The zero-order valence-corrected chi connectivity index (χ0v) is 7.29. The number of ether oxygens (including phenoxy) is 1. The number of aldehydes is 1. The lowest BCUT2D eigenvalue weighted by Gasteiger charge is -2.24. The molecule has 0 spiro atoms. The zero-order valence-electron chi connectivity index (χ0n) is 7.29. The topological polar surface area (TPSA) is 64.3 Å². The van der Waals surface area contributed by atoms with Crippen LogP contribution >= 0.6 is 0 Å². The Kier molecular flexibility index (Phi) is 1.99. The molecule has 0 radical (unpaired) electrons. The lowest BCUT2D eigenvalue weighted by Crippen LogP contribution is -2.32. The van der Waals surface area contributed by atoms with Crippen molar-refractivity contribution in [3.05, 3.63) is 17.9 Å². The molecule has 4 nitrogen and oxygen atoms in total. The SMILES string of the molecule is Nc1cc2c(cc1F)OCC(C=O)N2. The van der Waals surface area contributed by atoms with E-state index >= 15 is 0 Å². The number of halogens is 1. The maximum Gasteiger partial charge on any atom is 0.149 e. The summed E-state index contributed by atoms with van der Waals surface area (Å²) in [4.78, 5) is 10.5. The van der Waals surface area contributed by atoms with Crippen molar-refractivity contribution >= 4 is 17.7 Å². The van der Waals surface area contributed by atoms with Crippen LogP contribution in [0.1, 0.15) is 0 Å². The largest absolute Gasteiger partial charge is 0.489 e. The molecule has 1 aliphatic heterocycles. The van der Waals surface area contributed by atoms with E-state index in [4.69, 9.17) is 10.5 Å². The third kappa shape index (κ3) is 1.37. The summed E-state index contributed by atoms with van der Waals surface area (Å²) in [6, 6.07) is 2.23. The number of rotatable bonds is 1. The molecule has 1 aromatic rings. The predicted molar refractivity (Wildman–Crippen MR) is 49.8 cm³/mol. The first kappa shape index (κ1) is 8.80. The number of fused-ring (bicyclic) bond motifs is 1. The summed E-state index contributed by atoms with van der Waals surface area (Å²) in [5.74, 6) is -0.134. The molecule has 1 atom stereocenters. The molecule has 14 heavy (non-hydrogen) atoms. The molecule has 0 bridgehead atoms. The summed E-state index contributed by atoms with van der Waals surface area (Å²) >= 11 is 0. The van der Waals surface area contributed by atoms with Gasteiger partial charge in [-0.15, -0.1) is 0 Å². The van der Waals surface area contributed by atoms with Crippen LogP contribution in [0.5, 0.6) is 5.75 Å². The van der Waals surface area contributed by atoms with E-state index in [1.165, 1.54) is 12.1 Å². The highest BCUT2D eigenvalue weighted by Gasteiger charge is 2.19.